The van der Waals surface area contributed by atoms with Gasteiger partial charge in [0.15, 0.2) is 0 Å². The van der Waals surface area contributed by atoms with Crippen molar-refractivity contribution in [2.24, 2.45) is 0 Å². The maximum atomic E-state index is 11.1. The largest absolute Gasteiger partial charge is 0.331 e. The Morgan fingerprint density at radius 1 is 1.45 bits per heavy atom. The smallest absolute Gasteiger partial charge is 0.221 e. The van der Waals surface area contributed by atoms with E-state index in [4.69, 9.17) is 0 Å². The number of hydrogen-bond acceptors (Lipinski definition) is 3. The lowest BCUT2D eigenvalue weighted by molar-refractivity contribution is -0.114. The predicted octanol–water partition coefficient (Wildman–Crippen LogP) is 2.64. The minimum Gasteiger partial charge on any atom is -0.331 e. The standard InChI is InChI=1S/C17H22N4O/c1-12(14-5-3-6-15(9-14)20-13(2)22)18-10-16-11-19-17-7-4-8-21(16)17/h3,5-6,9,11-12,18H,4,7-8,10H2,1-2H3,(H,20,22). The molecule has 2 N–H and O–H groups in total. The molecule has 0 spiro atoms. The first kappa shape index (κ1) is 14.8. The van der Waals surface area contributed by atoms with Crippen molar-refractivity contribution in [1.82, 2.24) is 14.9 Å². The second-order valence-corrected chi connectivity index (χ2v) is 5.83. The molecule has 0 bridgehead atoms. The molecule has 1 unspecified atom stereocenters. The lowest BCUT2D eigenvalue weighted by Gasteiger charge is -2.16. The molecule has 0 radical (unpaired) electrons. The minimum atomic E-state index is -0.0485. The Morgan fingerprint density at radius 2 is 2.32 bits per heavy atom. The van der Waals surface area contributed by atoms with Crippen molar-refractivity contribution in [3.8, 4) is 0 Å². The molecule has 1 aliphatic heterocycles. The zero-order chi connectivity index (χ0) is 15.5. The van der Waals surface area contributed by atoms with Crippen molar-refractivity contribution in [1.29, 1.82) is 0 Å². The van der Waals surface area contributed by atoms with Gasteiger partial charge in [0, 0.05) is 44.4 Å². The van der Waals surface area contributed by atoms with Gasteiger partial charge < -0.3 is 15.2 Å². The van der Waals surface area contributed by atoms with Crippen LogP contribution in [-0.2, 0) is 24.3 Å². The van der Waals surface area contributed by atoms with Gasteiger partial charge in [-0.15, -0.1) is 0 Å². The summed E-state index contributed by atoms with van der Waals surface area (Å²) in [5, 5.41) is 6.36. The molecule has 116 valence electrons. The molecular formula is C17H22N4O. The lowest BCUT2D eigenvalue weighted by Crippen LogP contribution is -2.20. The quantitative estimate of drug-likeness (QED) is 0.892. The molecule has 1 aromatic heterocycles. The molecule has 0 saturated carbocycles. The summed E-state index contributed by atoms with van der Waals surface area (Å²) in [6, 6.07) is 8.17. The molecule has 5 nitrogen and oxygen atoms in total. The van der Waals surface area contributed by atoms with E-state index in [0.29, 0.717) is 0 Å². The molecule has 1 aromatic carbocycles. The van der Waals surface area contributed by atoms with E-state index >= 15 is 0 Å². The van der Waals surface area contributed by atoms with Gasteiger partial charge in [0.1, 0.15) is 5.82 Å². The fraction of sp³-hybridized carbons (Fsp3) is 0.412. The summed E-state index contributed by atoms with van der Waals surface area (Å²) >= 11 is 0. The van der Waals surface area contributed by atoms with Gasteiger partial charge in [-0.1, -0.05) is 12.1 Å². The zero-order valence-corrected chi connectivity index (χ0v) is 13.1. The molecule has 0 fully saturated rings. The predicted molar refractivity (Wildman–Crippen MR) is 86.5 cm³/mol. The number of fused-ring (bicyclic) bond motifs is 1. The number of hydrogen-bond donors (Lipinski definition) is 2. The van der Waals surface area contributed by atoms with Gasteiger partial charge in [0.2, 0.25) is 5.91 Å². The molecule has 5 heteroatoms. The second kappa shape index (κ2) is 6.32. The number of nitrogens with one attached hydrogen (secondary N) is 2. The summed E-state index contributed by atoms with van der Waals surface area (Å²) in [7, 11) is 0. The van der Waals surface area contributed by atoms with Crippen LogP contribution in [0, 0.1) is 0 Å². The third-order valence-electron chi connectivity index (χ3n) is 4.10. The maximum absolute atomic E-state index is 11.1. The summed E-state index contributed by atoms with van der Waals surface area (Å²) in [6.07, 6.45) is 4.26. The van der Waals surface area contributed by atoms with Gasteiger partial charge in [-0.25, -0.2) is 4.98 Å². The van der Waals surface area contributed by atoms with Gasteiger partial charge in [-0.2, -0.15) is 0 Å². The number of amides is 1. The summed E-state index contributed by atoms with van der Waals surface area (Å²) < 4.78 is 2.31. The van der Waals surface area contributed by atoms with Crippen LogP contribution in [0.15, 0.2) is 30.5 Å². The highest BCUT2D eigenvalue weighted by Crippen LogP contribution is 2.19. The van der Waals surface area contributed by atoms with Crippen LogP contribution in [0.2, 0.25) is 0 Å². The number of aromatic nitrogens is 2. The van der Waals surface area contributed by atoms with Crippen LogP contribution in [0.4, 0.5) is 5.69 Å². The molecule has 1 aliphatic rings. The van der Waals surface area contributed by atoms with Gasteiger partial charge in [-0.05, 0) is 31.0 Å². The number of carbonyl (C=O) groups is 1. The minimum absolute atomic E-state index is 0.0485. The molecular weight excluding hydrogens is 276 g/mol. The Morgan fingerprint density at radius 3 is 3.14 bits per heavy atom. The average molecular weight is 298 g/mol. The van der Waals surface area contributed by atoms with Gasteiger partial charge in [0.05, 0.1) is 5.69 Å². The highest BCUT2D eigenvalue weighted by atomic mass is 16.1. The summed E-state index contributed by atoms with van der Waals surface area (Å²) in [4.78, 5) is 15.6. The normalized spacial score (nSPS) is 14.6. The SMILES string of the molecule is CC(=O)Nc1cccc(C(C)NCc2cnc3n2CCC3)c1. The topological polar surface area (TPSA) is 59.0 Å². The van der Waals surface area contributed by atoms with Crippen LogP contribution in [0.5, 0.6) is 0 Å². The summed E-state index contributed by atoms with van der Waals surface area (Å²) in [6.45, 7) is 5.54. The molecule has 22 heavy (non-hydrogen) atoms. The van der Waals surface area contributed by atoms with Gasteiger partial charge in [-0.3, -0.25) is 4.79 Å². The van der Waals surface area contributed by atoms with E-state index in [0.717, 1.165) is 30.8 Å². The number of anilines is 1. The van der Waals surface area contributed by atoms with Crippen molar-refractivity contribution in [2.45, 2.75) is 45.8 Å². The van der Waals surface area contributed by atoms with Crippen LogP contribution >= 0.6 is 0 Å². The van der Waals surface area contributed by atoms with Crippen LogP contribution in [0.3, 0.4) is 0 Å². The van der Waals surface area contributed by atoms with Crippen LogP contribution in [0.25, 0.3) is 0 Å². The van der Waals surface area contributed by atoms with Crippen molar-refractivity contribution in [2.75, 3.05) is 5.32 Å². The summed E-state index contributed by atoms with van der Waals surface area (Å²) in [5.41, 5.74) is 3.24. The molecule has 1 amide bonds. The lowest BCUT2D eigenvalue weighted by atomic mass is 10.1. The Kier molecular flexibility index (Phi) is 4.24. The Balaban J connectivity index is 1.64. The van der Waals surface area contributed by atoms with Crippen LogP contribution < -0.4 is 10.6 Å². The van der Waals surface area contributed by atoms with Gasteiger partial charge in [0.25, 0.3) is 0 Å². The number of carbonyl (C=O) groups excluding carboxylic acids is 1. The van der Waals surface area contributed by atoms with Crippen LogP contribution in [-0.4, -0.2) is 15.5 Å². The maximum Gasteiger partial charge on any atom is 0.221 e. The number of aryl methyl sites for hydroxylation is 1. The molecule has 2 heterocycles. The molecule has 3 rings (SSSR count). The number of benzene rings is 1. The van der Waals surface area contributed by atoms with E-state index in [1.165, 1.54) is 24.9 Å². The van der Waals surface area contributed by atoms with Crippen molar-refractivity contribution < 1.29 is 4.79 Å². The zero-order valence-electron chi connectivity index (χ0n) is 13.1. The summed E-state index contributed by atoms with van der Waals surface area (Å²) in [5.74, 6) is 1.16. The van der Waals surface area contributed by atoms with E-state index in [-0.39, 0.29) is 11.9 Å². The molecule has 0 saturated heterocycles. The third-order valence-corrected chi connectivity index (χ3v) is 4.10. The first-order valence-electron chi connectivity index (χ1n) is 7.77. The highest BCUT2D eigenvalue weighted by molar-refractivity contribution is 5.88. The Hall–Kier alpha value is -2.14. The van der Waals surface area contributed by atoms with Crippen molar-refractivity contribution in [3.05, 3.63) is 47.5 Å². The highest BCUT2D eigenvalue weighted by Gasteiger charge is 2.16. The third kappa shape index (κ3) is 3.20. The van der Waals surface area contributed by atoms with E-state index < -0.39 is 0 Å². The monoisotopic (exact) mass is 298 g/mol. The number of imidazole rings is 1. The fourth-order valence-electron chi connectivity index (χ4n) is 2.93. The van der Waals surface area contributed by atoms with E-state index in [9.17, 15) is 4.79 Å². The first-order chi connectivity index (χ1) is 10.6. The van der Waals surface area contributed by atoms with Gasteiger partial charge >= 0.3 is 0 Å². The van der Waals surface area contributed by atoms with E-state index in [1.54, 1.807) is 0 Å². The molecule has 2 aromatic rings. The number of rotatable bonds is 5. The van der Waals surface area contributed by atoms with E-state index in [1.807, 2.05) is 24.4 Å². The second-order valence-electron chi connectivity index (χ2n) is 5.83. The van der Waals surface area contributed by atoms with E-state index in [2.05, 4.69) is 33.2 Å². The number of nitrogens with zero attached hydrogens (tertiary/aromatic N) is 2. The molecule has 1 atom stereocenters. The molecule has 0 aliphatic carbocycles. The van der Waals surface area contributed by atoms with Crippen molar-refractivity contribution >= 4 is 11.6 Å². The fourth-order valence-corrected chi connectivity index (χ4v) is 2.93. The first-order valence-corrected chi connectivity index (χ1v) is 7.77. The Labute approximate surface area is 130 Å². The Bertz CT molecular complexity index is 677. The van der Waals surface area contributed by atoms with Crippen molar-refractivity contribution in [3.63, 3.8) is 0 Å². The van der Waals surface area contributed by atoms with Crippen LogP contribution in [0.1, 0.15) is 43.4 Å². The average Bonchev–Trinajstić information content (AvgIpc) is 3.08.